The molecule has 0 aliphatic heterocycles. The van der Waals surface area contributed by atoms with Crippen molar-refractivity contribution in [3.05, 3.63) is 0 Å². The molecule has 0 unspecified atom stereocenters. The largest absolute Gasteiger partial charge is 0.494 e. The molecule has 12 heavy (non-hydrogen) atoms. The standard InChI is InChI=1S/C8H18O3Si/c1-5-6-7-10-8(9)11-12(2,3)4/h5-7H2,1-4H3. The third-order valence-electron chi connectivity index (χ3n) is 1.11. The Morgan fingerprint density at radius 2 is 1.92 bits per heavy atom. The molecule has 0 saturated carbocycles. The first-order chi connectivity index (χ1) is 5.45. The van der Waals surface area contributed by atoms with Gasteiger partial charge in [-0.15, -0.1) is 0 Å². The van der Waals surface area contributed by atoms with Crippen LogP contribution in [0.1, 0.15) is 19.8 Å². The molecule has 0 aromatic heterocycles. The van der Waals surface area contributed by atoms with Gasteiger partial charge in [0.2, 0.25) is 0 Å². The highest BCUT2D eigenvalue weighted by atomic mass is 28.4. The summed E-state index contributed by atoms with van der Waals surface area (Å²) < 4.78 is 9.89. The van der Waals surface area contributed by atoms with Crippen molar-refractivity contribution in [3.8, 4) is 0 Å². The molecular formula is C8H18O3Si. The molecule has 0 rings (SSSR count). The van der Waals surface area contributed by atoms with E-state index in [0.29, 0.717) is 6.61 Å². The normalized spacial score (nSPS) is 11.0. The van der Waals surface area contributed by atoms with Crippen LogP contribution >= 0.6 is 0 Å². The predicted octanol–water partition coefficient (Wildman–Crippen LogP) is 2.77. The van der Waals surface area contributed by atoms with Gasteiger partial charge in [0, 0.05) is 0 Å². The van der Waals surface area contributed by atoms with Gasteiger partial charge < -0.3 is 9.16 Å². The summed E-state index contributed by atoms with van der Waals surface area (Å²) in [6.45, 7) is 8.38. The summed E-state index contributed by atoms with van der Waals surface area (Å²) in [5.74, 6) is 0. The Labute approximate surface area is 75.2 Å². The second-order valence-electron chi connectivity index (χ2n) is 3.67. The van der Waals surface area contributed by atoms with Crippen LogP contribution < -0.4 is 0 Å². The van der Waals surface area contributed by atoms with Gasteiger partial charge in [0.25, 0.3) is 8.32 Å². The first-order valence-electron chi connectivity index (χ1n) is 4.31. The zero-order valence-electron chi connectivity index (χ0n) is 8.35. The molecule has 0 saturated heterocycles. The lowest BCUT2D eigenvalue weighted by Gasteiger charge is -2.16. The van der Waals surface area contributed by atoms with E-state index < -0.39 is 14.5 Å². The quantitative estimate of drug-likeness (QED) is 0.388. The van der Waals surface area contributed by atoms with E-state index in [0.717, 1.165) is 12.8 Å². The highest BCUT2D eigenvalue weighted by Gasteiger charge is 2.20. The van der Waals surface area contributed by atoms with E-state index in [9.17, 15) is 4.79 Å². The number of ether oxygens (including phenoxy) is 1. The highest BCUT2D eigenvalue weighted by molar-refractivity contribution is 6.71. The van der Waals surface area contributed by atoms with E-state index in [-0.39, 0.29) is 0 Å². The molecule has 0 spiro atoms. The van der Waals surface area contributed by atoms with Gasteiger partial charge in [-0.3, -0.25) is 0 Å². The van der Waals surface area contributed by atoms with Crippen LogP contribution in [0, 0.1) is 0 Å². The van der Waals surface area contributed by atoms with Crippen LogP contribution in [-0.2, 0) is 9.16 Å². The Kier molecular flexibility index (Phi) is 4.97. The number of carbonyl (C=O) groups is 1. The van der Waals surface area contributed by atoms with E-state index >= 15 is 0 Å². The second-order valence-corrected chi connectivity index (χ2v) is 8.10. The van der Waals surface area contributed by atoms with Gasteiger partial charge in [0.15, 0.2) is 0 Å². The molecule has 3 nitrogen and oxygen atoms in total. The van der Waals surface area contributed by atoms with Crippen molar-refractivity contribution in [1.29, 1.82) is 0 Å². The van der Waals surface area contributed by atoms with E-state index in [1.807, 2.05) is 26.6 Å². The molecule has 0 fully saturated rings. The van der Waals surface area contributed by atoms with Crippen LogP contribution in [0.5, 0.6) is 0 Å². The first kappa shape index (κ1) is 11.5. The minimum absolute atomic E-state index is 0.472. The van der Waals surface area contributed by atoms with Crippen molar-refractivity contribution in [2.45, 2.75) is 39.4 Å². The molecule has 0 bridgehead atoms. The van der Waals surface area contributed by atoms with Crippen LogP contribution in [0.2, 0.25) is 19.6 Å². The van der Waals surface area contributed by atoms with Gasteiger partial charge in [0.05, 0.1) is 6.61 Å². The average molecular weight is 190 g/mol. The van der Waals surface area contributed by atoms with Gasteiger partial charge in [-0.25, -0.2) is 4.79 Å². The van der Waals surface area contributed by atoms with E-state index in [1.165, 1.54) is 0 Å². The summed E-state index contributed by atoms with van der Waals surface area (Å²) in [6, 6.07) is 0. The minimum atomic E-state index is -1.76. The van der Waals surface area contributed by atoms with Crippen LogP contribution in [0.3, 0.4) is 0 Å². The van der Waals surface area contributed by atoms with Gasteiger partial charge in [-0.2, -0.15) is 0 Å². The van der Waals surface area contributed by atoms with E-state index in [4.69, 9.17) is 9.16 Å². The molecule has 0 aromatic carbocycles. The highest BCUT2D eigenvalue weighted by Crippen LogP contribution is 2.04. The maximum atomic E-state index is 10.9. The number of hydrogen-bond acceptors (Lipinski definition) is 3. The lowest BCUT2D eigenvalue weighted by molar-refractivity contribution is 0.0958. The van der Waals surface area contributed by atoms with Gasteiger partial charge in [0.1, 0.15) is 0 Å². The summed E-state index contributed by atoms with van der Waals surface area (Å²) in [5, 5.41) is 0. The summed E-state index contributed by atoms with van der Waals surface area (Å²) in [6.07, 6.45) is 1.42. The number of hydrogen-bond donors (Lipinski definition) is 0. The Balaban J connectivity index is 3.47. The number of unbranched alkanes of at least 4 members (excludes halogenated alkanes) is 1. The van der Waals surface area contributed by atoms with Crippen molar-refractivity contribution < 1.29 is 14.0 Å². The summed E-state index contributed by atoms with van der Waals surface area (Å²) >= 11 is 0. The van der Waals surface area contributed by atoms with E-state index in [2.05, 4.69) is 0 Å². The third-order valence-corrected chi connectivity index (χ3v) is 1.89. The first-order valence-corrected chi connectivity index (χ1v) is 7.72. The molecule has 0 heterocycles. The molecule has 0 aliphatic carbocycles. The SMILES string of the molecule is CCCCOC(=O)O[Si](C)(C)C. The minimum Gasteiger partial charge on any atom is -0.490 e. The Hall–Kier alpha value is -0.513. The molecule has 0 aromatic rings. The molecule has 0 amide bonds. The van der Waals surface area contributed by atoms with Crippen molar-refractivity contribution >= 4 is 14.5 Å². The van der Waals surface area contributed by atoms with Crippen molar-refractivity contribution in [3.63, 3.8) is 0 Å². The summed E-state index contributed by atoms with van der Waals surface area (Å²) in [5.41, 5.74) is 0. The third kappa shape index (κ3) is 7.59. The molecule has 72 valence electrons. The van der Waals surface area contributed by atoms with Crippen molar-refractivity contribution in [2.75, 3.05) is 6.61 Å². The molecule has 0 aliphatic rings. The van der Waals surface area contributed by atoms with Crippen LogP contribution in [0.15, 0.2) is 0 Å². The fourth-order valence-corrected chi connectivity index (χ4v) is 1.14. The van der Waals surface area contributed by atoms with Crippen LogP contribution in [-0.4, -0.2) is 21.1 Å². The Morgan fingerprint density at radius 1 is 1.33 bits per heavy atom. The summed E-state index contributed by atoms with van der Waals surface area (Å²) in [4.78, 5) is 10.9. The number of carbonyl (C=O) groups excluding carboxylic acids is 1. The molecule has 4 heteroatoms. The lowest BCUT2D eigenvalue weighted by atomic mass is 10.4. The lowest BCUT2D eigenvalue weighted by Crippen LogP contribution is -2.29. The van der Waals surface area contributed by atoms with Crippen molar-refractivity contribution in [2.24, 2.45) is 0 Å². The van der Waals surface area contributed by atoms with E-state index in [1.54, 1.807) is 0 Å². The predicted molar refractivity (Wildman–Crippen MR) is 50.7 cm³/mol. The van der Waals surface area contributed by atoms with Gasteiger partial charge >= 0.3 is 6.16 Å². The van der Waals surface area contributed by atoms with Gasteiger partial charge in [-0.1, -0.05) is 13.3 Å². The summed E-state index contributed by atoms with van der Waals surface area (Å²) in [7, 11) is -1.76. The van der Waals surface area contributed by atoms with Gasteiger partial charge in [-0.05, 0) is 26.1 Å². The molecule has 0 radical (unpaired) electrons. The fourth-order valence-electron chi connectivity index (χ4n) is 0.579. The molecule has 0 atom stereocenters. The number of rotatable bonds is 4. The Morgan fingerprint density at radius 3 is 2.33 bits per heavy atom. The second kappa shape index (κ2) is 5.19. The van der Waals surface area contributed by atoms with Crippen molar-refractivity contribution in [1.82, 2.24) is 0 Å². The molecular weight excluding hydrogens is 172 g/mol. The average Bonchev–Trinajstić information content (AvgIpc) is 1.84. The zero-order valence-corrected chi connectivity index (χ0v) is 9.35. The maximum absolute atomic E-state index is 10.9. The smallest absolute Gasteiger partial charge is 0.490 e. The fraction of sp³-hybridized carbons (Fsp3) is 0.875. The Bertz CT molecular complexity index is 140. The molecule has 0 N–H and O–H groups in total. The van der Waals surface area contributed by atoms with Crippen LogP contribution in [0.4, 0.5) is 4.79 Å². The zero-order chi connectivity index (χ0) is 9.61. The van der Waals surface area contributed by atoms with Crippen LogP contribution in [0.25, 0.3) is 0 Å². The topological polar surface area (TPSA) is 35.5 Å². The maximum Gasteiger partial charge on any atom is 0.494 e. The monoisotopic (exact) mass is 190 g/mol.